The number of hydrogen-bond donors (Lipinski definition) is 0. The Morgan fingerprint density at radius 2 is 2.11 bits per heavy atom. The summed E-state index contributed by atoms with van der Waals surface area (Å²) in [7, 11) is 0. The predicted octanol–water partition coefficient (Wildman–Crippen LogP) is 3.29. The number of carbonyl (C=O) groups is 1. The Morgan fingerprint density at radius 3 is 2.68 bits per heavy atom. The zero-order valence-corrected chi connectivity index (χ0v) is 12.7. The molecule has 0 unspecified atom stereocenters. The van der Waals surface area contributed by atoms with Crippen molar-refractivity contribution in [1.82, 2.24) is 9.78 Å². The number of nitrogens with zero attached hydrogens (tertiary/aromatic N) is 2. The Morgan fingerprint density at radius 1 is 1.42 bits per heavy atom. The average Bonchev–Trinajstić information content (AvgIpc) is 2.73. The second-order valence-corrected chi connectivity index (χ2v) is 6.22. The predicted molar refractivity (Wildman–Crippen MR) is 77.6 cm³/mol. The molecule has 0 atom stereocenters. The number of hydrogen-bond acceptors (Lipinski definition) is 2. The molecule has 0 aliphatic carbocycles. The van der Waals surface area contributed by atoms with E-state index in [1.807, 2.05) is 24.7 Å². The maximum atomic E-state index is 11.5. The van der Waals surface area contributed by atoms with Crippen LogP contribution in [0, 0.1) is 23.2 Å². The van der Waals surface area contributed by atoms with Gasteiger partial charge in [-0.3, -0.25) is 9.48 Å². The molecule has 0 N–H and O–H groups in total. The second-order valence-electron chi connectivity index (χ2n) is 6.22. The van der Waals surface area contributed by atoms with Crippen LogP contribution in [0.2, 0.25) is 0 Å². The van der Waals surface area contributed by atoms with Crippen LogP contribution in [0.1, 0.15) is 53.0 Å². The van der Waals surface area contributed by atoms with Gasteiger partial charge >= 0.3 is 0 Å². The number of Topliss-reactive ketones (excluding diaryl/α,β-unsaturated/α-hetero) is 1. The molecule has 3 nitrogen and oxygen atoms in total. The van der Waals surface area contributed by atoms with E-state index in [0.29, 0.717) is 12.2 Å². The van der Waals surface area contributed by atoms with E-state index < -0.39 is 0 Å². The molecule has 0 fully saturated rings. The number of ketones is 1. The highest BCUT2D eigenvalue weighted by atomic mass is 16.1. The summed E-state index contributed by atoms with van der Waals surface area (Å²) in [5, 5.41) is 4.26. The first kappa shape index (κ1) is 15.5. The van der Waals surface area contributed by atoms with Crippen molar-refractivity contribution in [3.05, 3.63) is 18.0 Å². The summed E-state index contributed by atoms with van der Waals surface area (Å²) in [6.07, 6.45) is 5.19. The van der Waals surface area contributed by atoms with E-state index in [4.69, 9.17) is 0 Å². The summed E-state index contributed by atoms with van der Waals surface area (Å²) in [6.45, 7) is 10.9. The Bertz CT molecular complexity index is 481. The van der Waals surface area contributed by atoms with Crippen molar-refractivity contribution >= 4 is 5.78 Å². The molecule has 0 saturated carbocycles. The largest absolute Gasteiger partial charge is 0.299 e. The van der Waals surface area contributed by atoms with Crippen LogP contribution in [-0.2, 0) is 11.3 Å². The lowest BCUT2D eigenvalue weighted by Gasteiger charge is -2.06. The summed E-state index contributed by atoms with van der Waals surface area (Å²) in [5.74, 6) is 6.76. The molecular weight excluding hydrogens is 236 g/mol. The molecule has 0 radical (unpaired) electrons. The van der Waals surface area contributed by atoms with Gasteiger partial charge < -0.3 is 0 Å². The number of aromatic nitrogens is 2. The first-order valence-corrected chi connectivity index (χ1v) is 6.86. The molecule has 1 rings (SSSR count). The van der Waals surface area contributed by atoms with Gasteiger partial charge in [0.15, 0.2) is 0 Å². The van der Waals surface area contributed by atoms with E-state index in [9.17, 15) is 4.79 Å². The third-order valence-corrected chi connectivity index (χ3v) is 2.67. The molecule has 0 aliphatic heterocycles. The highest BCUT2D eigenvalue weighted by Gasteiger charge is 2.07. The average molecular weight is 260 g/mol. The van der Waals surface area contributed by atoms with Crippen LogP contribution in [-0.4, -0.2) is 15.6 Å². The van der Waals surface area contributed by atoms with E-state index >= 15 is 0 Å². The first-order chi connectivity index (χ1) is 8.78. The molecule has 0 aliphatic rings. The van der Waals surface area contributed by atoms with Gasteiger partial charge in [-0.25, -0.2) is 0 Å². The van der Waals surface area contributed by atoms with Gasteiger partial charge in [-0.05, 0) is 27.2 Å². The van der Waals surface area contributed by atoms with E-state index in [1.165, 1.54) is 0 Å². The molecule has 0 spiro atoms. The monoisotopic (exact) mass is 260 g/mol. The van der Waals surface area contributed by atoms with Crippen molar-refractivity contribution in [3.8, 4) is 11.8 Å². The summed E-state index contributed by atoms with van der Waals surface area (Å²) < 4.78 is 1.86. The van der Waals surface area contributed by atoms with E-state index in [0.717, 1.165) is 18.5 Å². The first-order valence-electron chi connectivity index (χ1n) is 6.86. The van der Waals surface area contributed by atoms with Gasteiger partial charge in [0.05, 0.1) is 11.8 Å². The van der Waals surface area contributed by atoms with Crippen LogP contribution in [0.3, 0.4) is 0 Å². The maximum Gasteiger partial charge on any atom is 0.135 e. The molecule has 0 saturated heterocycles. The minimum atomic E-state index is 0.00574. The lowest BCUT2D eigenvalue weighted by atomic mass is 9.98. The fraction of sp³-hybridized carbons (Fsp3) is 0.625. The normalized spacial score (nSPS) is 11.3. The summed E-state index contributed by atoms with van der Waals surface area (Å²) in [6, 6.07) is 0. The van der Waals surface area contributed by atoms with Gasteiger partial charge in [0.1, 0.15) is 5.78 Å². The molecule has 104 valence electrons. The summed E-state index contributed by atoms with van der Waals surface area (Å²) in [4.78, 5) is 11.5. The van der Waals surface area contributed by atoms with Crippen LogP contribution in [0.25, 0.3) is 0 Å². The van der Waals surface area contributed by atoms with E-state index in [1.54, 1.807) is 6.20 Å². The smallest absolute Gasteiger partial charge is 0.135 e. The number of carbonyl (C=O) groups excluding carboxylic acids is 1. The quantitative estimate of drug-likeness (QED) is 0.761. The van der Waals surface area contributed by atoms with Crippen LogP contribution < -0.4 is 0 Å². The molecule has 0 bridgehead atoms. The fourth-order valence-corrected chi connectivity index (χ4v) is 1.51. The molecule has 0 amide bonds. The molecule has 1 heterocycles. The minimum absolute atomic E-state index is 0.00574. The molecule has 0 aromatic carbocycles. The highest BCUT2D eigenvalue weighted by Crippen LogP contribution is 2.11. The van der Waals surface area contributed by atoms with Crippen molar-refractivity contribution < 1.29 is 4.79 Å². The third kappa shape index (κ3) is 6.24. The summed E-state index contributed by atoms with van der Waals surface area (Å²) >= 11 is 0. The van der Waals surface area contributed by atoms with Crippen molar-refractivity contribution in [2.45, 2.75) is 54.0 Å². The Kier molecular flexibility index (Phi) is 5.35. The zero-order chi connectivity index (χ0) is 14.5. The van der Waals surface area contributed by atoms with Crippen LogP contribution in [0.5, 0.6) is 0 Å². The zero-order valence-electron chi connectivity index (χ0n) is 12.7. The molecule has 1 aromatic rings. The van der Waals surface area contributed by atoms with Gasteiger partial charge in [0.2, 0.25) is 0 Å². The van der Waals surface area contributed by atoms with Crippen molar-refractivity contribution in [2.24, 2.45) is 11.3 Å². The second kappa shape index (κ2) is 6.56. The molecule has 1 aromatic heterocycles. The summed E-state index contributed by atoms with van der Waals surface area (Å²) in [5.41, 5.74) is 0.941. The van der Waals surface area contributed by atoms with Gasteiger partial charge in [0.25, 0.3) is 0 Å². The SMILES string of the molecule is CC(C)C(=O)CCCn1cc(C#CC(C)(C)C)cn1. The number of aryl methyl sites for hydroxylation is 1. The standard InChI is InChI=1S/C16H24N2O/c1-13(2)15(19)7-6-10-18-12-14(11-17-18)8-9-16(3,4)5/h11-13H,6-7,10H2,1-5H3. The Labute approximate surface area is 116 Å². The highest BCUT2D eigenvalue weighted by molar-refractivity contribution is 5.80. The Balaban J connectivity index is 2.47. The molecule has 19 heavy (non-hydrogen) atoms. The van der Waals surface area contributed by atoms with Gasteiger partial charge in [-0.15, -0.1) is 0 Å². The van der Waals surface area contributed by atoms with Crippen LogP contribution >= 0.6 is 0 Å². The van der Waals surface area contributed by atoms with E-state index in [-0.39, 0.29) is 11.3 Å². The molecular formula is C16H24N2O. The minimum Gasteiger partial charge on any atom is -0.299 e. The van der Waals surface area contributed by atoms with E-state index in [2.05, 4.69) is 37.7 Å². The molecule has 3 heteroatoms. The Hall–Kier alpha value is -1.56. The van der Waals surface area contributed by atoms with Gasteiger partial charge in [-0.2, -0.15) is 5.10 Å². The fourth-order valence-electron chi connectivity index (χ4n) is 1.51. The van der Waals surface area contributed by atoms with Crippen LogP contribution in [0.4, 0.5) is 0 Å². The van der Waals surface area contributed by atoms with Gasteiger partial charge in [0, 0.05) is 30.5 Å². The van der Waals surface area contributed by atoms with Crippen LogP contribution in [0.15, 0.2) is 12.4 Å². The van der Waals surface area contributed by atoms with Gasteiger partial charge in [-0.1, -0.05) is 25.7 Å². The third-order valence-electron chi connectivity index (χ3n) is 2.67. The van der Waals surface area contributed by atoms with Crippen molar-refractivity contribution in [1.29, 1.82) is 0 Å². The van der Waals surface area contributed by atoms with Crippen molar-refractivity contribution in [2.75, 3.05) is 0 Å². The topological polar surface area (TPSA) is 34.9 Å². The van der Waals surface area contributed by atoms with Crippen molar-refractivity contribution in [3.63, 3.8) is 0 Å². The lowest BCUT2D eigenvalue weighted by molar-refractivity contribution is -0.122. The maximum absolute atomic E-state index is 11.5. The lowest BCUT2D eigenvalue weighted by Crippen LogP contribution is -2.08. The number of rotatable bonds is 5.